The molecule has 0 aliphatic heterocycles. The van der Waals surface area contributed by atoms with Crippen LogP contribution in [0, 0.1) is 0 Å². The quantitative estimate of drug-likeness (QED) is 0.532. The predicted octanol–water partition coefficient (Wildman–Crippen LogP) is 3.35. The van der Waals surface area contributed by atoms with Crippen LogP contribution < -0.4 is 16.0 Å². The van der Waals surface area contributed by atoms with E-state index in [0.717, 1.165) is 17.0 Å². The molecule has 0 saturated carbocycles. The summed E-state index contributed by atoms with van der Waals surface area (Å²) in [5, 5.41) is 8.38. The molecular formula is C16H23N3O2S. The molecule has 3 N–H and O–H groups in total. The number of amides is 2. The van der Waals surface area contributed by atoms with Crippen LogP contribution in [0.1, 0.15) is 26.7 Å². The molecule has 22 heavy (non-hydrogen) atoms. The molecule has 0 aromatic heterocycles. The second-order valence-corrected chi connectivity index (χ2v) is 5.60. The Morgan fingerprint density at radius 2 is 2.00 bits per heavy atom. The van der Waals surface area contributed by atoms with Crippen molar-refractivity contribution in [1.82, 2.24) is 10.6 Å². The molecule has 0 radical (unpaired) electrons. The maximum Gasteiger partial charge on any atom is 0.323 e. The van der Waals surface area contributed by atoms with Gasteiger partial charge in [-0.2, -0.15) is 0 Å². The number of ketones is 1. The first-order valence-electron chi connectivity index (χ1n) is 7.15. The maximum atomic E-state index is 12.1. The van der Waals surface area contributed by atoms with Gasteiger partial charge in [-0.15, -0.1) is 11.8 Å². The van der Waals surface area contributed by atoms with Crippen molar-refractivity contribution < 1.29 is 9.59 Å². The third-order valence-corrected chi connectivity index (χ3v) is 3.75. The molecule has 120 valence electrons. The minimum Gasteiger partial charge on any atom is -0.390 e. The third kappa shape index (κ3) is 5.44. The number of allylic oxidation sites excluding steroid dienone is 2. The highest BCUT2D eigenvalue weighted by Gasteiger charge is 2.14. The van der Waals surface area contributed by atoms with Gasteiger partial charge in [0.05, 0.1) is 0 Å². The van der Waals surface area contributed by atoms with Crippen molar-refractivity contribution in [2.75, 3.05) is 18.6 Å². The summed E-state index contributed by atoms with van der Waals surface area (Å²) in [5.41, 5.74) is 1.74. The smallest absolute Gasteiger partial charge is 0.323 e. The molecule has 0 spiro atoms. The number of thioether (sulfide) groups is 1. The maximum absolute atomic E-state index is 12.1. The van der Waals surface area contributed by atoms with Gasteiger partial charge in [-0.1, -0.05) is 19.4 Å². The first kappa shape index (κ1) is 18.1. The van der Waals surface area contributed by atoms with E-state index in [1.807, 2.05) is 37.4 Å². The van der Waals surface area contributed by atoms with E-state index in [2.05, 4.69) is 16.0 Å². The van der Waals surface area contributed by atoms with Crippen LogP contribution in [0.3, 0.4) is 0 Å². The van der Waals surface area contributed by atoms with Gasteiger partial charge in [0.15, 0.2) is 5.78 Å². The Balaban J connectivity index is 2.85. The molecule has 0 atom stereocenters. The molecule has 0 bridgehead atoms. The lowest BCUT2D eigenvalue weighted by Crippen LogP contribution is -2.33. The van der Waals surface area contributed by atoms with Crippen molar-refractivity contribution in [2.24, 2.45) is 0 Å². The van der Waals surface area contributed by atoms with Crippen LogP contribution in [0.4, 0.5) is 10.5 Å². The molecule has 0 saturated heterocycles. The zero-order valence-electron chi connectivity index (χ0n) is 13.4. The summed E-state index contributed by atoms with van der Waals surface area (Å²) >= 11 is 1.60. The molecule has 5 nitrogen and oxygen atoms in total. The first-order chi connectivity index (χ1) is 10.5. The standard InChI is InChI=1S/C16H23N3O2S/c1-5-7-14(17-3)15(11(2)20)19-16(21)18-12-8-6-9-13(10-12)22-4/h6,8-10,17H,5,7H2,1-4H3,(H2,18,19,21)/b15-14+. The fourth-order valence-corrected chi connectivity index (χ4v) is 2.44. The van der Waals surface area contributed by atoms with E-state index in [1.54, 1.807) is 18.8 Å². The van der Waals surface area contributed by atoms with E-state index in [0.29, 0.717) is 17.8 Å². The van der Waals surface area contributed by atoms with Crippen LogP contribution in [0.5, 0.6) is 0 Å². The number of hydrogen-bond acceptors (Lipinski definition) is 4. The van der Waals surface area contributed by atoms with Gasteiger partial charge >= 0.3 is 6.03 Å². The molecule has 6 heteroatoms. The Labute approximate surface area is 135 Å². The van der Waals surface area contributed by atoms with Crippen molar-refractivity contribution in [3.05, 3.63) is 35.7 Å². The zero-order valence-corrected chi connectivity index (χ0v) is 14.3. The van der Waals surface area contributed by atoms with Crippen LogP contribution >= 0.6 is 11.8 Å². The van der Waals surface area contributed by atoms with E-state index in [9.17, 15) is 9.59 Å². The average molecular weight is 321 g/mol. The van der Waals surface area contributed by atoms with Crippen LogP contribution in [0.25, 0.3) is 0 Å². The molecule has 1 rings (SSSR count). The number of benzene rings is 1. The highest BCUT2D eigenvalue weighted by atomic mass is 32.2. The van der Waals surface area contributed by atoms with Gasteiger partial charge in [-0.05, 0) is 30.9 Å². The number of carbonyl (C=O) groups is 2. The van der Waals surface area contributed by atoms with Gasteiger partial charge in [0.1, 0.15) is 5.70 Å². The summed E-state index contributed by atoms with van der Waals surface area (Å²) in [6.45, 7) is 3.46. The highest BCUT2D eigenvalue weighted by Crippen LogP contribution is 2.19. The largest absolute Gasteiger partial charge is 0.390 e. The van der Waals surface area contributed by atoms with E-state index >= 15 is 0 Å². The van der Waals surface area contributed by atoms with Crippen LogP contribution in [0.15, 0.2) is 40.6 Å². The zero-order chi connectivity index (χ0) is 16.5. The minimum absolute atomic E-state index is 0.175. The Hall–Kier alpha value is -1.95. The number of carbonyl (C=O) groups excluding carboxylic acids is 2. The average Bonchev–Trinajstić information content (AvgIpc) is 2.50. The highest BCUT2D eigenvalue weighted by molar-refractivity contribution is 7.98. The minimum atomic E-state index is -0.424. The molecule has 0 fully saturated rings. The molecule has 0 unspecified atom stereocenters. The van der Waals surface area contributed by atoms with Crippen molar-refractivity contribution in [3.63, 3.8) is 0 Å². The number of Topliss-reactive ketones (excluding diaryl/α,β-unsaturated/α-hetero) is 1. The van der Waals surface area contributed by atoms with Crippen LogP contribution in [-0.2, 0) is 4.79 Å². The Morgan fingerprint density at radius 1 is 1.27 bits per heavy atom. The first-order valence-corrected chi connectivity index (χ1v) is 8.38. The van der Waals surface area contributed by atoms with Crippen LogP contribution in [-0.4, -0.2) is 25.1 Å². The second-order valence-electron chi connectivity index (χ2n) is 4.72. The Morgan fingerprint density at radius 3 is 2.55 bits per heavy atom. The fraction of sp³-hybridized carbons (Fsp3) is 0.375. The number of hydrogen-bond donors (Lipinski definition) is 3. The molecule has 0 aliphatic rings. The van der Waals surface area contributed by atoms with Crippen molar-refractivity contribution >= 4 is 29.3 Å². The number of nitrogens with one attached hydrogen (secondary N) is 3. The Bertz CT molecular complexity index is 570. The lowest BCUT2D eigenvalue weighted by atomic mass is 10.1. The molecule has 1 aromatic rings. The SMILES string of the molecule is CCC/C(NC)=C(\NC(=O)Nc1cccc(SC)c1)C(C)=O. The van der Waals surface area contributed by atoms with E-state index < -0.39 is 6.03 Å². The number of rotatable bonds is 7. The van der Waals surface area contributed by atoms with Gasteiger partial charge in [0, 0.05) is 30.3 Å². The molecule has 2 amide bonds. The van der Waals surface area contributed by atoms with E-state index in [4.69, 9.17) is 0 Å². The molecule has 1 aromatic carbocycles. The van der Waals surface area contributed by atoms with Gasteiger partial charge in [-0.25, -0.2) is 4.79 Å². The molecule has 0 aliphatic carbocycles. The number of anilines is 1. The summed E-state index contributed by atoms with van der Waals surface area (Å²) in [7, 11) is 1.75. The number of urea groups is 1. The lowest BCUT2D eigenvalue weighted by Gasteiger charge is -2.14. The fourth-order valence-electron chi connectivity index (χ4n) is 1.98. The van der Waals surface area contributed by atoms with Crippen molar-refractivity contribution in [3.8, 4) is 0 Å². The lowest BCUT2D eigenvalue weighted by molar-refractivity contribution is -0.114. The Kier molecular flexibility index (Phi) is 7.52. The third-order valence-electron chi connectivity index (χ3n) is 3.02. The summed E-state index contributed by atoms with van der Waals surface area (Å²) in [4.78, 5) is 24.9. The predicted molar refractivity (Wildman–Crippen MR) is 92.1 cm³/mol. The molecule has 0 heterocycles. The summed E-state index contributed by atoms with van der Waals surface area (Å²) < 4.78 is 0. The topological polar surface area (TPSA) is 70.2 Å². The van der Waals surface area contributed by atoms with Crippen molar-refractivity contribution in [1.29, 1.82) is 0 Å². The summed E-state index contributed by atoms with van der Waals surface area (Å²) in [6.07, 6.45) is 3.55. The molecular weight excluding hydrogens is 298 g/mol. The van der Waals surface area contributed by atoms with Gasteiger partial charge in [0.25, 0.3) is 0 Å². The summed E-state index contributed by atoms with van der Waals surface area (Å²) in [5.74, 6) is -0.175. The van der Waals surface area contributed by atoms with Crippen LogP contribution in [0.2, 0.25) is 0 Å². The summed E-state index contributed by atoms with van der Waals surface area (Å²) in [6, 6.07) is 7.11. The van der Waals surface area contributed by atoms with Gasteiger partial charge < -0.3 is 16.0 Å². The van der Waals surface area contributed by atoms with Gasteiger partial charge in [-0.3, -0.25) is 4.79 Å². The monoisotopic (exact) mass is 321 g/mol. The normalized spacial score (nSPS) is 11.5. The van der Waals surface area contributed by atoms with E-state index in [1.165, 1.54) is 6.92 Å². The van der Waals surface area contributed by atoms with Gasteiger partial charge in [0.2, 0.25) is 0 Å². The van der Waals surface area contributed by atoms with E-state index in [-0.39, 0.29) is 5.78 Å². The van der Waals surface area contributed by atoms with Crippen molar-refractivity contribution in [2.45, 2.75) is 31.6 Å². The second kappa shape index (κ2) is 9.15.